The Hall–Kier alpha value is -4.28. The Balaban J connectivity index is 1.75. The first-order valence-electron chi connectivity index (χ1n) is 10.7. The number of halogens is 1. The van der Waals surface area contributed by atoms with Gasteiger partial charge in [0.2, 0.25) is 0 Å². The number of nitrogens with zero attached hydrogens (tertiary/aromatic N) is 6. The summed E-state index contributed by atoms with van der Waals surface area (Å²) in [4.78, 5) is 32.7. The van der Waals surface area contributed by atoms with Crippen LogP contribution in [0.15, 0.2) is 41.2 Å². The standard InChI is InChI=1S/C24H21FN6O3/c1-3-10-30-20-9-8-19(15-26)27-21(20)22(23(24(30)32)31(33)34)29-13-11-28(12-14-29)16(2)17-4-6-18(25)7-5-17/h1,4-9,16H,10-14H2,2H3. The van der Waals surface area contributed by atoms with Crippen molar-refractivity contribution < 1.29 is 9.31 Å². The molecule has 1 unspecified atom stereocenters. The van der Waals surface area contributed by atoms with Crippen LogP contribution in [0.3, 0.4) is 0 Å². The molecule has 1 aliphatic heterocycles. The summed E-state index contributed by atoms with van der Waals surface area (Å²) in [7, 11) is 0. The molecule has 4 rings (SSSR count). The number of fused-ring (bicyclic) bond motifs is 1. The number of hydrogen-bond acceptors (Lipinski definition) is 7. The van der Waals surface area contributed by atoms with Gasteiger partial charge in [-0.25, -0.2) is 9.37 Å². The fraction of sp³-hybridized carbons (Fsp3) is 0.292. The molecule has 0 spiro atoms. The fourth-order valence-electron chi connectivity index (χ4n) is 4.35. The van der Waals surface area contributed by atoms with Gasteiger partial charge in [-0.1, -0.05) is 18.1 Å². The second-order valence-electron chi connectivity index (χ2n) is 7.98. The average Bonchev–Trinajstić information content (AvgIpc) is 2.85. The second kappa shape index (κ2) is 9.30. The molecule has 0 saturated carbocycles. The minimum absolute atomic E-state index is 0.0152. The van der Waals surface area contributed by atoms with E-state index in [1.807, 2.05) is 13.0 Å². The molecule has 0 aliphatic carbocycles. The van der Waals surface area contributed by atoms with Gasteiger partial charge in [-0.15, -0.1) is 6.42 Å². The van der Waals surface area contributed by atoms with E-state index >= 15 is 0 Å². The van der Waals surface area contributed by atoms with Gasteiger partial charge in [0, 0.05) is 32.2 Å². The number of aromatic nitrogens is 2. The Kier molecular flexibility index (Phi) is 6.26. The summed E-state index contributed by atoms with van der Waals surface area (Å²) in [6.07, 6.45) is 5.39. The SMILES string of the molecule is C#CCn1c(=O)c([N+](=O)[O-])c(N2CCN(C(C)c3ccc(F)cc3)CC2)c2nc(C#N)ccc21. The summed E-state index contributed by atoms with van der Waals surface area (Å²) in [5.41, 5.74) is 0.264. The molecule has 172 valence electrons. The Morgan fingerprint density at radius 3 is 2.47 bits per heavy atom. The molecule has 0 amide bonds. The van der Waals surface area contributed by atoms with Crippen molar-refractivity contribution in [1.29, 1.82) is 5.26 Å². The molecule has 2 aromatic heterocycles. The highest BCUT2D eigenvalue weighted by atomic mass is 19.1. The van der Waals surface area contributed by atoms with Crippen LogP contribution in [0.25, 0.3) is 11.0 Å². The third-order valence-electron chi connectivity index (χ3n) is 6.14. The molecule has 34 heavy (non-hydrogen) atoms. The third kappa shape index (κ3) is 4.07. The maximum Gasteiger partial charge on any atom is 0.359 e. The number of rotatable bonds is 5. The van der Waals surface area contributed by atoms with Crippen molar-refractivity contribution in [1.82, 2.24) is 14.5 Å². The predicted molar refractivity (Wildman–Crippen MR) is 125 cm³/mol. The van der Waals surface area contributed by atoms with E-state index < -0.39 is 16.2 Å². The summed E-state index contributed by atoms with van der Waals surface area (Å²) >= 11 is 0. The summed E-state index contributed by atoms with van der Waals surface area (Å²) in [5.74, 6) is 2.05. The predicted octanol–water partition coefficient (Wildman–Crippen LogP) is 2.83. The molecular formula is C24H21FN6O3. The van der Waals surface area contributed by atoms with Gasteiger partial charge < -0.3 is 4.90 Å². The van der Waals surface area contributed by atoms with Gasteiger partial charge in [-0.3, -0.25) is 24.4 Å². The molecule has 1 fully saturated rings. The van der Waals surface area contributed by atoms with E-state index in [2.05, 4.69) is 15.8 Å². The maximum atomic E-state index is 13.3. The minimum Gasteiger partial charge on any atom is -0.361 e. The third-order valence-corrected chi connectivity index (χ3v) is 6.14. The Morgan fingerprint density at radius 1 is 1.21 bits per heavy atom. The van der Waals surface area contributed by atoms with Gasteiger partial charge in [0.1, 0.15) is 23.1 Å². The van der Waals surface area contributed by atoms with Crippen LogP contribution in [-0.2, 0) is 6.54 Å². The smallest absolute Gasteiger partial charge is 0.359 e. The van der Waals surface area contributed by atoms with E-state index in [0.717, 1.165) is 10.1 Å². The van der Waals surface area contributed by atoms with E-state index in [9.17, 15) is 24.6 Å². The summed E-state index contributed by atoms with van der Waals surface area (Å²) in [5, 5.41) is 21.3. The van der Waals surface area contributed by atoms with Crippen molar-refractivity contribution in [3.8, 4) is 18.4 Å². The molecule has 0 bridgehead atoms. The lowest BCUT2D eigenvalue weighted by Gasteiger charge is -2.39. The zero-order valence-corrected chi connectivity index (χ0v) is 18.4. The first-order chi connectivity index (χ1) is 16.3. The van der Waals surface area contributed by atoms with Crippen LogP contribution >= 0.6 is 0 Å². The first-order valence-corrected chi connectivity index (χ1v) is 10.7. The first kappa shape index (κ1) is 22.9. The number of terminal acetylenes is 1. The lowest BCUT2D eigenvalue weighted by molar-refractivity contribution is -0.385. The lowest BCUT2D eigenvalue weighted by atomic mass is 10.1. The number of pyridine rings is 2. The van der Waals surface area contributed by atoms with Crippen LogP contribution in [0.5, 0.6) is 0 Å². The number of benzene rings is 1. The van der Waals surface area contributed by atoms with Gasteiger partial charge in [0.15, 0.2) is 5.69 Å². The van der Waals surface area contributed by atoms with Crippen molar-refractivity contribution in [2.45, 2.75) is 19.5 Å². The molecule has 1 aromatic carbocycles. The topological polar surface area (TPSA) is 108 Å². The van der Waals surface area contributed by atoms with Gasteiger partial charge in [0.05, 0.1) is 17.0 Å². The minimum atomic E-state index is -0.806. The van der Waals surface area contributed by atoms with Crippen molar-refractivity contribution in [2.75, 3.05) is 31.1 Å². The zero-order chi connectivity index (χ0) is 24.4. The molecule has 0 radical (unpaired) electrons. The quantitative estimate of drug-likeness (QED) is 0.327. The van der Waals surface area contributed by atoms with E-state index in [1.54, 1.807) is 23.1 Å². The van der Waals surface area contributed by atoms with Crippen molar-refractivity contribution in [2.24, 2.45) is 0 Å². The van der Waals surface area contributed by atoms with E-state index in [-0.39, 0.29) is 35.3 Å². The number of hydrogen-bond donors (Lipinski definition) is 0. The lowest BCUT2D eigenvalue weighted by Crippen LogP contribution is -2.48. The van der Waals surface area contributed by atoms with Crippen LogP contribution in [0, 0.1) is 39.6 Å². The molecular weight excluding hydrogens is 439 g/mol. The molecule has 10 heteroatoms. The van der Waals surface area contributed by atoms with E-state index in [0.29, 0.717) is 31.7 Å². The molecule has 3 aromatic rings. The average molecular weight is 460 g/mol. The van der Waals surface area contributed by atoms with Crippen LogP contribution in [0.1, 0.15) is 24.2 Å². The molecule has 1 aliphatic rings. The second-order valence-corrected chi connectivity index (χ2v) is 7.98. The number of piperazine rings is 1. The zero-order valence-electron chi connectivity index (χ0n) is 18.4. The summed E-state index contributed by atoms with van der Waals surface area (Å²) in [6, 6.07) is 11.3. The number of nitro groups is 1. The number of nitriles is 1. The van der Waals surface area contributed by atoms with Crippen LogP contribution in [0.2, 0.25) is 0 Å². The Labute approximate surface area is 194 Å². The van der Waals surface area contributed by atoms with E-state index in [1.165, 1.54) is 18.2 Å². The van der Waals surface area contributed by atoms with Gasteiger partial charge in [0.25, 0.3) is 0 Å². The van der Waals surface area contributed by atoms with Crippen molar-refractivity contribution in [3.05, 3.63) is 73.9 Å². The molecule has 0 N–H and O–H groups in total. The maximum absolute atomic E-state index is 13.3. The molecule has 3 heterocycles. The largest absolute Gasteiger partial charge is 0.361 e. The van der Waals surface area contributed by atoms with E-state index in [4.69, 9.17) is 6.42 Å². The normalized spacial score (nSPS) is 15.0. The molecule has 1 atom stereocenters. The number of anilines is 1. The van der Waals surface area contributed by atoms with Crippen LogP contribution in [-0.4, -0.2) is 45.6 Å². The van der Waals surface area contributed by atoms with Gasteiger partial charge in [-0.05, 0) is 36.8 Å². The monoisotopic (exact) mass is 460 g/mol. The molecule has 1 saturated heterocycles. The van der Waals surface area contributed by atoms with Gasteiger partial charge >= 0.3 is 11.2 Å². The van der Waals surface area contributed by atoms with Crippen molar-refractivity contribution in [3.63, 3.8) is 0 Å². The highest BCUT2D eigenvalue weighted by Gasteiger charge is 2.33. The summed E-state index contributed by atoms with van der Waals surface area (Å²) < 4.78 is 14.4. The molecule has 9 nitrogen and oxygen atoms in total. The van der Waals surface area contributed by atoms with Crippen LogP contribution < -0.4 is 10.5 Å². The highest BCUT2D eigenvalue weighted by Crippen LogP contribution is 2.34. The fourth-order valence-corrected chi connectivity index (χ4v) is 4.35. The van der Waals surface area contributed by atoms with Crippen LogP contribution in [0.4, 0.5) is 15.8 Å². The summed E-state index contributed by atoms with van der Waals surface area (Å²) in [6.45, 7) is 3.78. The Bertz CT molecular complexity index is 1400. The van der Waals surface area contributed by atoms with Crippen molar-refractivity contribution >= 4 is 22.4 Å². The van der Waals surface area contributed by atoms with Gasteiger partial charge in [-0.2, -0.15) is 5.26 Å². The highest BCUT2D eigenvalue weighted by molar-refractivity contribution is 5.94. The Morgan fingerprint density at radius 2 is 1.88 bits per heavy atom.